The summed E-state index contributed by atoms with van der Waals surface area (Å²) in [7, 11) is 0. The van der Waals surface area contributed by atoms with Crippen molar-refractivity contribution in [1.82, 2.24) is 14.9 Å². The summed E-state index contributed by atoms with van der Waals surface area (Å²) in [6.07, 6.45) is 6.75. The smallest absolute Gasteiger partial charge is 0.320 e. The second-order valence-electron chi connectivity index (χ2n) is 5.73. The molecule has 0 aromatic carbocycles. The Bertz CT molecular complexity index is 705. The van der Waals surface area contributed by atoms with Crippen LogP contribution in [0.5, 0.6) is 0 Å². The number of H-pyrrole nitrogens is 1. The normalized spacial score (nSPS) is 19.1. The number of aromatic amines is 1. The first-order valence-corrected chi connectivity index (χ1v) is 7.25. The maximum absolute atomic E-state index is 12.8. The Morgan fingerprint density at radius 3 is 3.00 bits per heavy atom. The molecule has 1 aliphatic heterocycles. The van der Waals surface area contributed by atoms with Crippen molar-refractivity contribution in [3.8, 4) is 0 Å². The largest absolute Gasteiger partial charge is 0.618 e. The van der Waals surface area contributed by atoms with Gasteiger partial charge in [-0.25, -0.2) is 4.98 Å². The summed E-state index contributed by atoms with van der Waals surface area (Å²) in [5, 5.41) is 11.9. The molecule has 1 fully saturated rings. The van der Waals surface area contributed by atoms with Gasteiger partial charge in [-0.05, 0) is 25.3 Å². The minimum absolute atomic E-state index is 0.183. The summed E-state index contributed by atoms with van der Waals surface area (Å²) in [6, 6.07) is 4.94. The van der Waals surface area contributed by atoms with E-state index in [1.165, 1.54) is 6.20 Å². The molecule has 0 saturated heterocycles. The van der Waals surface area contributed by atoms with E-state index in [9.17, 15) is 10.0 Å². The summed E-state index contributed by atoms with van der Waals surface area (Å²) in [5.41, 5.74) is 1.99. The van der Waals surface area contributed by atoms with Gasteiger partial charge in [0.05, 0.1) is 17.6 Å². The van der Waals surface area contributed by atoms with E-state index in [1.54, 1.807) is 24.5 Å². The topological polar surface area (TPSA) is 75.9 Å². The Morgan fingerprint density at radius 1 is 1.43 bits per heavy atom. The number of nitrogens with one attached hydrogen (secondary N) is 1. The Labute approximate surface area is 122 Å². The van der Waals surface area contributed by atoms with E-state index < -0.39 is 0 Å². The molecular formula is C15H16N4O2. The lowest BCUT2D eigenvalue weighted by Crippen LogP contribution is -2.58. The van der Waals surface area contributed by atoms with Gasteiger partial charge in [-0.3, -0.25) is 4.79 Å². The lowest BCUT2D eigenvalue weighted by molar-refractivity contribution is -0.608. The van der Waals surface area contributed by atoms with Crippen molar-refractivity contribution in [3.05, 3.63) is 53.0 Å². The van der Waals surface area contributed by atoms with E-state index >= 15 is 0 Å². The third-order valence-corrected chi connectivity index (χ3v) is 4.73. The third-order valence-electron chi connectivity index (χ3n) is 4.73. The molecule has 1 N–H and O–H groups in total. The first kappa shape index (κ1) is 12.4. The van der Waals surface area contributed by atoms with E-state index in [4.69, 9.17) is 0 Å². The fourth-order valence-corrected chi connectivity index (χ4v) is 3.52. The summed E-state index contributed by atoms with van der Waals surface area (Å²) < 4.78 is 0.648. The first-order chi connectivity index (χ1) is 10.2. The highest BCUT2D eigenvalue weighted by atomic mass is 16.5. The van der Waals surface area contributed by atoms with Gasteiger partial charge in [0, 0.05) is 30.8 Å². The molecule has 1 spiro atoms. The molecule has 1 saturated carbocycles. The minimum atomic E-state index is -0.312. The number of pyridine rings is 1. The van der Waals surface area contributed by atoms with Crippen molar-refractivity contribution in [2.45, 2.75) is 31.2 Å². The van der Waals surface area contributed by atoms with Crippen molar-refractivity contribution in [1.29, 1.82) is 0 Å². The Kier molecular flexibility index (Phi) is 2.54. The van der Waals surface area contributed by atoms with E-state index in [1.807, 2.05) is 4.90 Å². The first-order valence-electron chi connectivity index (χ1n) is 7.25. The highest BCUT2D eigenvalue weighted by molar-refractivity contribution is 5.92. The molecule has 0 bridgehead atoms. The van der Waals surface area contributed by atoms with Gasteiger partial charge >= 0.3 is 5.91 Å². The number of nitrogens with zero attached hydrogens (tertiary/aromatic N) is 3. The van der Waals surface area contributed by atoms with E-state index in [-0.39, 0.29) is 17.1 Å². The molecule has 3 heterocycles. The molecular weight excluding hydrogens is 268 g/mol. The van der Waals surface area contributed by atoms with Gasteiger partial charge in [0.15, 0.2) is 6.20 Å². The van der Waals surface area contributed by atoms with Crippen molar-refractivity contribution >= 4 is 5.91 Å². The second-order valence-corrected chi connectivity index (χ2v) is 5.73. The average molecular weight is 284 g/mol. The number of carbonyl (C=O) groups is 1. The fraction of sp³-hybridized carbons (Fsp3) is 0.400. The van der Waals surface area contributed by atoms with E-state index in [2.05, 4.69) is 9.97 Å². The van der Waals surface area contributed by atoms with Crippen molar-refractivity contribution in [2.24, 2.45) is 0 Å². The molecule has 0 atom stereocenters. The molecule has 6 heteroatoms. The van der Waals surface area contributed by atoms with Crippen LogP contribution in [0.15, 0.2) is 30.7 Å². The van der Waals surface area contributed by atoms with Crippen molar-refractivity contribution in [3.63, 3.8) is 0 Å². The number of imidazole rings is 1. The Morgan fingerprint density at radius 2 is 2.29 bits per heavy atom. The average Bonchev–Trinajstić information content (AvgIpc) is 2.92. The van der Waals surface area contributed by atoms with Crippen LogP contribution < -0.4 is 4.73 Å². The van der Waals surface area contributed by atoms with Crippen LogP contribution in [0.2, 0.25) is 0 Å². The van der Waals surface area contributed by atoms with Crippen LogP contribution >= 0.6 is 0 Å². The van der Waals surface area contributed by atoms with Gasteiger partial charge in [0.2, 0.25) is 0 Å². The predicted octanol–water partition coefficient (Wildman–Crippen LogP) is 1.12. The molecule has 2 aromatic heterocycles. The molecule has 6 nitrogen and oxygen atoms in total. The predicted molar refractivity (Wildman–Crippen MR) is 74.3 cm³/mol. The van der Waals surface area contributed by atoms with Crippen LogP contribution in [-0.4, -0.2) is 27.3 Å². The molecule has 21 heavy (non-hydrogen) atoms. The SMILES string of the molecule is O=C(c1cccc[n+]1[O-])N1CCc2[nH]cnc2C12CCC2. The molecule has 0 radical (unpaired) electrons. The monoisotopic (exact) mass is 284 g/mol. The quantitative estimate of drug-likeness (QED) is 0.630. The van der Waals surface area contributed by atoms with Crippen LogP contribution in [0.1, 0.15) is 41.1 Å². The fourth-order valence-electron chi connectivity index (χ4n) is 3.52. The van der Waals surface area contributed by atoms with Crippen molar-refractivity contribution in [2.75, 3.05) is 6.54 Å². The number of amides is 1. The number of rotatable bonds is 1. The molecule has 4 rings (SSSR count). The van der Waals surface area contributed by atoms with Crippen LogP contribution in [0, 0.1) is 5.21 Å². The summed E-state index contributed by atoms with van der Waals surface area (Å²) in [6.45, 7) is 0.628. The van der Waals surface area contributed by atoms with Crippen LogP contribution in [0.3, 0.4) is 0 Å². The highest BCUT2D eigenvalue weighted by Gasteiger charge is 2.52. The van der Waals surface area contributed by atoms with Gasteiger partial charge in [-0.15, -0.1) is 0 Å². The molecule has 1 amide bonds. The third kappa shape index (κ3) is 1.62. The summed E-state index contributed by atoms with van der Waals surface area (Å²) in [5.74, 6) is -0.195. The highest BCUT2D eigenvalue weighted by Crippen LogP contribution is 2.49. The van der Waals surface area contributed by atoms with Gasteiger partial charge < -0.3 is 15.1 Å². The number of hydrogen-bond acceptors (Lipinski definition) is 3. The van der Waals surface area contributed by atoms with Crippen LogP contribution in [0.4, 0.5) is 0 Å². The molecule has 108 valence electrons. The molecule has 2 aliphatic rings. The second kappa shape index (κ2) is 4.31. The van der Waals surface area contributed by atoms with E-state index in [0.717, 1.165) is 37.1 Å². The zero-order valence-electron chi connectivity index (χ0n) is 11.6. The zero-order chi connectivity index (χ0) is 14.4. The van der Waals surface area contributed by atoms with Gasteiger partial charge in [0.25, 0.3) is 5.69 Å². The molecule has 1 aliphatic carbocycles. The maximum Gasteiger partial charge on any atom is 0.320 e. The zero-order valence-corrected chi connectivity index (χ0v) is 11.6. The number of hydrogen-bond donors (Lipinski definition) is 1. The summed E-state index contributed by atoms with van der Waals surface area (Å²) >= 11 is 0. The van der Waals surface area contributed by atoms with E-state index in [0.29, 0.717) is 11.3 Å². The van der Waals surface area contributed by atoms with Gasteiger partial charge in [-0.2, -0.15) is 4.73 Å². The summed E-state index contributed by atoms with van der Waals surface area (Å²) in [4.78, 5) is 22.3. The lowest BCUT2D eigenvalue weighted by atomic mass is 9.70. The number of carbonyl (C=O) groups excluding carboxylic acids is 1. The van der Waals surface area contributed by atoms with Gasteiger partial charge in [-0.1, -0.05) is 0 Å². The van der Waals surface area contributed by atoms with Crippen LogP contribution in [0.25, 0.3) is 0 Å². The minimum Gasteiger partial charge on any atom is -0.618 e. The Balaban J connectivity index is 1.76. The Hall–Kier alpha value is -2.37. The standard InChI is InChI=1S/C15H16N4O2/c20-14(12-4-1-2-8-19(12)21)18-9-5-11-13(17-10-16-11)15(18)6-3-7-15/h1-2,4,8,10H,3,5-7,9H2,(H,16,17). The molecule has 2 aromatic rings. The lowest BCUT2D eigenvalue weighted by Gasteiger charge is -2.51. The van der Waals surface area contributed by atoms with Gasteiger partial charge in [0.1, 0.15) is 0 Å². The molecule has 0 unspecified atom stereocenters. The maximum atomic E-state index is 12.8. The number of aromatic nitrogens is 3. The van der Waals surface area contributed by atoms with Crippen LogP contribution in [-0.2, 0) is 12.0 Å². The van der Waals surface area contributed by atoms with Crippen molar-refractivity contribution < 1.29 is 9.52 Å². The number of fused-ring (bicyclic) bond motifs is 2.